The van der Waals surface area contributed by atoms with E-state index in [1.165, 1.54) is 51.0 Å². The molecule has 0 atom stereocenters. The number of aliphatic hydroxyl groups excluding tert-OH is 1. The lowest BCUT2D eigenvalue weighted by Gasteiger charge is -2.11. The summed E-state index contributed by atoms with van der Waals surface area (Å²) in [6.45, 7) is 2.00. The number of hydrogen-bond acceptors (Lipinski definition) is 7. The third-order valence-corrected chi connectivity index (χ3v) is 10.1. The van der Waals surface area contributed by atoms with Crippen molar-refractivity contribution in [2.75, 3.05) is 0 Å². The molecule has 5 nitrogen and oxygen atoms in total. The molecule has 3 N–H and O–H groups in total. The first-order valence-electron chi connectivity index (χ1n) is 10.5. The Kier molecular flexibility index (Phi) is 6.43. The highest BCUT2D eigenvalue weighted by atomic mass is 32.1. The number of carboxylic acids is 2. The second kappa shape index (κ2) is 9.52. The maximum atomic E-state index is 12.2. The average Bonchev–Trinajstić information content (AvgIpc) is 3.64. The van der Waals surface area contributed by atoms with Crippen LogP contribution in [-0.4, -0.2) is 27.3 Å². The zero-order chi connectivity index (χ0) is 24.7. The van der Waals surface area contributed by atoms with E-state index >= 15 is 0 Å². The summed E-state index contributed by atoms with van der Waals surface area (Å²) < 4.78 is 0. The van der Waals surface area contributed by atoms with Crippen molar-refractivity contribution in [2.45, 2.75) is 13.5 Å². The van der Waals surface area contributed by atoms with Crippen LogP contribution in [0.1, 0.15) is 30.5 Å². The number of aliphatic hydroxyl groups is 1. The fraction of sp³-hybridized carbons (Fsp3) is 0.0769. The van der Waals surface area contributed by atoms with Crippen LogP contribution in [0.2, 0.25) is 0 Å². The number of benzene rings is 1. The Morgan fingerprint density at radius 1 is 0.629 bits per heavy atom. The standard InChI is InChI=1S/C26H18O5S4/c1-13-2-4-21(32-13)23-8-6-19(34-23)15-10-18(26(30)31)16(11-17(15)25(28)29)20-7-9-24(35-20)22-5-3-14(12-27)33-22/h2-11,27H,12H2,1H3,(H,28,29)(H,30,31). The monoisotopic (exact) mass is 538 g/mol. The number of aromatic carboxylic acids is 2. The highest BCUT2D eigenvalue weighted by Crippen LogP contribution is 2.43. The van der Waals surface area contributed by atoms with Gasteiger partial charge in [-0.05, 0) is 67.6 Å². The van der Waals surface area contributed by atoms with E-state index in [-0.39, 0.29) is 17.7 Å². The van der Waals surface area contributed by atoms with Crippen molar-refractivity contribution in [2.24, 2.45) is 0 Å². The van der Waals surface area contributed by atoms with Crippen LogP contribution in [0.15, 0.2) is 60.7 Å². The third kappa shape index (κ3) is 4.61. The van der Waals surface area contributed by atoms with Crippen molar-refractivity contribution in [1.82, 2.24) is 0 Å². The fourth-order valence-corrected chi connectivity index (χ4v) is 7.74. The molecule has 0 saturated heterocycles. The van der Waals surface area contributed by atoms with E-state index in [1.807, 2.05) is 55.5 Å². The molecule has 0 aliphatic heterocycles. The number of hydrogen-bond donors (Lipinski definition) is 3. The van der Waals surface area contributed by atoms with E-state index in [1.54, 1.807) is 11.3 Å². The van der Waals surface area contributed by atoms with Crippen molar-refractivity contribution in [3.05, 3.63) is 81.5 Å². The number of carboxylic acid groups (broad SMARTS) is 2. The number of rotatable bonds is 7. The molecule has 0 spiro atoms. The average molecular weight is 539 g/mol. The highest BCUT2D eigenvalue weighted by molar-refractivity contribution is 7.24. The maximum absolute atomic E-state index is 12.2. The fourth-order valence-electron chi connectivity index (χ4n) is 3.75. The SMILES string of the molecule is Cc1ccc(-c2ccc(-c3cc(C(=O)O)c(-c4ccc(-c5ccc(CO)s5)s4)cc3C(=O)O)s2)s1. The van der Waals surface area contributed by atoms with Gasteiger partial charge in [-0.15, -0.1) is 45.3 Å². The van der Waals surface area contributed by atoms with Crippen LogP contribution in [-0.2, 0) is 6.61 Å². The molecule has 0 radical (unpaired) electrons. The predicted molar refractivity (Wildman–Crippen MR) is 144 cm³/mol. The Morgan fingerprint density at radius 2 is 1.06 bits per heavy atom. The Morgan fingerprint density at radius 3 is 1.49 bits per heavy atom. The smallest absolute Gasteiger partial charge is 0.336 e. The molecule has 5 rings (SSSR count). The van der Waals surface area contributed by atoms with Gasteiger partial charge in [0.15, 0.2) is 0 Å². The summed E-state index contributed by atoms with van der Waals surface area (Å²) in [6, 6.07) is 18.3. The minimum Gasteiger partial charge on any atom is -0.478 e. The summed E-state index contributed by atoms with van der Waals surface area (Å²) in [6.07, 6.45) is 0. The van der Waals surface area contributed by atoms with Crippen molar-refractivity contribution in [3.63, 3.8) is 0 Å². The van der Waals surface area contributed by atoms with Crippen molar-refractivity contribution >= 4 is 57.3 Å². The van der Waals surface area contributed by atoms with Crippen LogP contribution < -0.4 is 0 Å². The Hall–Kier alpha value is -3.08. The van der Waals surface area contributed by atoms with Gasteiger partial charge in [0.25, 0.3) is 0 Å². The molecule has 0 aliphatic rings. The molecule has 5 aromatic rings. The molecule has 0 amide bonds. The zero-order valence-corrected chi connectivity index (χ0v) is 21.5. The van der Waals surface area contributed by atoms with Gasteiger partial charge in [-0.2, -0.15) is 0 Å². The topological polar surface area (TPSA) is 94.8 Å². The van der Waals surface area contributed by atoms with Crippen molar-refractivity contribution in [3.8, 4) is 40.4 Å². The summed E-state index contributed by atoms with van der Waals surface area (Å²) in [5.74, 6) is -2.22. The minimum atomic E-state index is -1.11. The first-order chi connectivity index (χ1) is 16.8. The molecular weight excluding hydrogens is 521 g/mol. The highest BCUT2D eigenvalue weighted by Gasteiger charge is 2.23. The van der Waals surface area contributed by atoms with Gasteiger partial charge < -0.3 is 15.3 Å². The van der Waals surface area contributed by atoms with E-state index in [4.69, 9.17) is 0 Å². The van der Waals surface area contributed by atoms with Gasteiger partial charge in [-0.3, -0.25) is 0 Å². The third-order valence-electron chi connectivity index (χ3n) is 5.40. The number of thiophene rings is 4. The first kappa shape index (κ1) is 23.7. The molecule has 0 saturated carbocycles. The molecule has 0 aliphatic carbocycles. The molecule has 9 heteroatoms. The van der Waals surface area contributed by atoms with Crippen LogP contribution in [0.3, 0.4) is 0 Å². The van der Waals surface area contributed by atoms with E-state index in [2.05, 4.69) is 0 Å². The van der Waals surface area contributed by atoms with Crippen LogP contribution >= 0.6 is 45.3 Å². The molecule has 4 heterocycles. The summed E-state index contributed by atoms with van der Waals surface area (Å²) in [5.41, 5.74) is 0.891. The van der Waals surface area contributed by atoms with Gasteiger partial charge in [-0.1, -0.05) is 0 Å². The molecule has 176 valence electrons. The molecule has 0 unspecified atom stereocenters. The Bertz CT molecular complexity index is 1570. The number of carbonyl (C=O) groups is 2. The van der Waals surface area contributed by atoms with Crippen molar-refractivity contribution in [1.29, 1.82) is 0 Å². The van der Waals surface area contributed by atoms with Crippen LogP contribution in [0, 0.1) is 6.92 Å². The summed E-state index contributed by atoms with van der Waals surface area (Å²) in [4.78, 5) is 31.9. The maximum Gasteiger partial charge on any atom is 0.336 e. The van der Waals surface area contributed by atoms with Gasteiger partial charge >= 0.3 is 11.9 Å². The molecular formula is C26H18O5S4. The Balaban J connectivity index is 1.61. The molecule has 4 aromatic heterocycles. The summed E-state index contributed by atoms with van der Waals surface area (Å²) >= 11 is 5.97. The van der Waals surface area contributed by atoms with E-state index in [0.717, 1.165) is 24.4 Å². The van der Waals surface area contributed by atoms with Gasteiger partial charge in [0, 0.05) is 50.1 Å². The van der Waals surface area contributed by atoms with Crippen molar-refractivity contribution < 1.29 is 24.9 Å². The van der Waals surface area contributed by atoms with Gasteiger partial charge in [-0.25, -0.2) is 9.59 Å². The normalized spacial score (nSPS) is 11.1. The summed E-state index contributed by atoms with van der Waals surface area (Å²) in [7, 11) is 0. The lowest BCUT2D eigenvalue weighted by Crippen LogP contribution is -2.05. The molecule has 0 fully saturated rings. The van der Waals surface area contributed by atoms with Gasteiger partial charge in [0.1, 0.15) is 0 Å². The summed E-state index contributed by atoms with van der Waals surface area (Å²) in [5, 5.41) is 29.4. The van der Waals surface area contributed by atoms with Crippen LogP contribution in [0.25, 0.3) is 40.4 Å². The van der Waals surface area contributed by atoms with Crippen LogP contribution in [0.4, 0.5) is 0 Å². The second-order valence-corrected chi connectivity index (χ2v) is 12.3. The first-order valence-corrected chi connectivity index (χ1v) is 13.7. The van der Waals surface area contributed by atoms with E-state index < -0.39 is 11.9 Å². The zero-order valence-electron chi connectivity index (χ0n) is 18.3. The lowest BCUT2D eigenvalue weighted by atomic mass is 9.96. The molecule has 0 bridgehead atoms. The molecule has 35 heavy (non-hydrogen) atoms. The Labute approximate surface area is 216 Å². The lowest BCUT2D eigenvalue weighted by molar-refractivity contribution is 0.0682. The quantitative estimate of drug-likeness (QED) is 0.197. The number of aryl methyl sites for hydroxylation is 1. The largest absolute Gasteiger partial charge is 0.478 e. The minimum absolute atomic E-state index is 0.0357. The van der Waals surface area contributed by atoms with Gasteiger partial charge in [0.05, 0.1) is 17.7 Å². The predicted octanol–water partition coefficient (Wildman–Crippen LogP) is 7.80. The van der Waals surface area contributed by atoms with Crippen LogP contribution in [0.5, 0.6) is 0 Å². The van der Waals surface area contributed by atoms with E-state index in [0.29, 0.717) is 20.9 Å². The van der Waals surface area contributed by atoms with E-state index in [9.17, 15) is 24.9 Å². The molecule has 1 aromatic carbocycles. The second-order valence-electron chi connectivity index (χ2n) is 7.72. The van der Waals surface area contributed by atoms with Gasteiger partial charge in [0.2, 0.25) is 0 Å².